The normalized spacial score (nSPS) is 16.0. The smallest absolute Gasteiger partial charge is 0.355 e. The second kappa shape index (κ2) is 6.58. The maximum absolute atomic E-state index is 13.0. The Kier molecular flexibility index (Phi) is 4.67. The molecule has 1 aliphatic rings. The molecule has 0 unspecified atom stereocenters. The molecule has 5 nitrogen and oxygen atoms in total. The fourth-order valence-electron chi connectivity index (χ4n) is 3.01. The van der Waals surface area contributed by atoms with Crippen molar-refractivity contribution in [1.82, 2.24) is 19.9 Å². The topological polar surface area (TPSA) is 59.3 Å². The van der Waals surface area contributed by atoms with Gasteiger partial charge in [0, 0.05) is 25.1 Å². The zero-order valence-corrected chi connectivity index (χ0v) is 13.5. The van der Waals surface area contributed by atoms with Crippen molar-refractivity contribution in [1.29, 1.82) is 0 Å². The molecule has 2 heterocycles. The molecule has 1 saturated carbocycles. The molecule has 130 valence electrons. The molecule has 0 spiro atoms. The van der Waals surface area contributed by atoms with E-state index in [4.69, 9.17) is 11.6 Å². The largest absolute Gasteiger partial charge is 0.420 e. The maximum atomic E-state index is 13.0. The molecule has 0 aromatic carbocycles. The number of amides is 1. The van der Waals surface area contributed by atoms with Crippen LogP contribution in [0.2, 0.25) is 5.02 Å². The molecule has 0 atom stereocenters. The van der Waals surface area contributed by atoms with Gasteiger partial charge in [-0.25, -0.2) is 0 Å². The predicted molar refractivity (Wildman–Crippen MR) is 81.7 cm³/mol. The van der Waals surface area contributed by atoms with Crippen molar-refractivity contribution in [3.05, 3.63) is 28.7 Å². The van der Waals surface area contributed by atoms with E-state index in [2.05, 4.69) is 15.5 Å². The molecular formula is C15H16ClF3N4O. The first-order chi connectivity index (χ1) is 11.4. The van der Waals surface area contributed by atoms with Crippen molar-refractivity contribution in [3.8, 4) is 0 Å². The molecule has 0 radical (unpaired) electrons. The lowest BCUT2D eigenvalue weighted by atomic mass is 10.1. The zero-order valence-electron chi connectivity index (χ0n) is 12.7. The van der Waals surface area contributed by atoms with E-state index in [1.807, 2.05) is 0 Å². The predicted octanol–water partition coefficient (Wildman–Crippen LogP) is 3.25. The van der Waals surface area contributed by atoms with Gasteiger partial charge in [-0.1, -0.05) is 24.4 Å². The molecular weight excluding hydrogens is 345 g/mol. The summed E-state index contributed by atoms with van der Waals surface area (Å²) in [5.74, 6) is 0.367. The number of nitrogens with zero attached hydrogens (tertiary/aromatic N) is 3. The van der Waals surface area contributed by atoms with Gasteiger partial charge in [0.25, 0.3) is 0 Å². The number of hydrogen-bond acceptors (Lipinski definition) is 3. The van der Waals surface area contributed by atoms with E-state index in [1.165, 1.54) is 10.6 Å². The molecule has 1 aliphatic carbocycles. The van der Waals surface area contributed by atoms with Gasteiger partial charge in [0.2, 0.25) is 5.91 Å². The van der Waals surface area contributed by atoms with Crippen LogP contribution in [-0.4, -0.2) is 27.0 Å². The molecule has 1 N–H and O–H groups in total. The van der Waals surface area contributed by atoms with Gasteiger partial charge in [-0.15, -0.1) is 10.2 Å². The highest BCUT2D eigenvalue weighted by molar-refractivity contribution is 6.30. The Morgan fingerprint density at radius 2 is 2.04 bits per heavy atom. The average molecular weight is 361 g/mol. The number of nitrogens with one attached hydrogen (secondary N) is 1. The summed E-state index contributed by atoms with van der Waals surface area (Å²) in [5, 5.41) is 10.2. The summed E-state index contributed by atoms with van der Waals surface area (Å²) < 4.78 is 40.4. The summed E-state index contributed by atoms with van der Waals surface area (Å²) in [4.78, 5) is 12.0. The molecule has 1 fully saturated rings. The van der Waals surface area contributed by atoms with Gasteiger partial charge >= 0.3 is 6.18 Å². The van der Waals surface area contributed by atoms with Crippen LogP contribution in [0.15, 0.2) is 12.3 Å². The zero-order chi connectivity index (χ0) is 17.3. The highest BCUT2D eigenvalue weighted by atomic mass is 35.5. The lowest BCUT2D eigenvalue weighted by Gasteiger charge is -2.10. The Morgan fingerprint density at radius 3 is 2.71 bits per heavy atom. The molecule has 1 amide bonds. The molecule has 0 bridgehead atoms. The van der Waals surface area contributed by atoms with Crippen molar-refractivity contribution in [3.63, 3.8) is 0 Å². The SMILES string of the molecule is O=C(NCCc1nnc2c(C(F)(F)F)cc(Cl)cn12)C1CCCC1. The van der Waals surface area contributed by atoms with Crippen LogP contribution in [0.1, 0.15) is 37.1 Å². The number of rotatable bonds is 4. The first kappa shape index (κ1) is 17.0. The summed E-state index contributed by atoms with van der Waals surface area (Å²) in [6.45, 7) is 0.296. The van der Waals surface area contributed by atoms with Gasteiger partial charge in [-0.2, -0.15) is 13.2 Å². The van der Waals surface area contributed by atoms with Crippen LogP contribution in [0.5, 0.6) is 0 Å². The number of aromatic nitrogens is 3. The van der Waals surface area contributed by atoms with Crippen LogP contribution in [0.3, 0.4) is 0 Å². The molecule has 24 heavy (non-hydrogen) atoms. The van der Waals surface area contributed by atoms with E-state index in [-0.39, 0.29) is 28.9 Å². The molecule has 2 aromatic rings. The van der Waals surface area contributed by atoms with E-state index in [1.54, 1.807) is 0 Å². The highest BCUT2D eigenvalue weighted by Gasteiger charge is 2.35. The first-order valence-electron chi connectivity index (χ1n) is 7.74. The summed E-state index contributed by atoms with van der Waals surface area (Å²) >= 11 is 5.78. The minimum Gasteiger partial charge on any atom is -0.355 e. The summed E-state index contributed by atoms with van der Waals surface area (Å²) in [6.07, 6.45) is 0.969. The third-order valence-electron chi connectivity index (χ3n) is 4.22. The molecule has 9 heteroatoms. The lowest BCUT2D eigenvalue weighted by Crippen LogP contribution is -2.31. The van der Waals surface area contributed by atoms with Crippen LogP contribution in [-0.2, 0) is 17.4 Å². The Labute approximate surface area is 141 Å². The summed E-state index contributed by atoms with van der Waals surface area (Å²) in [6, 6.07) is 0.831. The second-order valence-electron chi connectivity index (χ2n) is 5.90. The summed E-state index contributed by atoms with van der Waals surface area (Å²) in [5.41, 5.74) is -1.22. The monoisotopic (exact) mass is 360 g/mol. The third kappa shape index (κ3) is 3.48. The number of carbonyl (C=O) groups is 1. The van der Waals surface area contributed by atoms with E-state index < -0.39 is 11.7 Å². The maximum Gasteiger partial charge on any atom is 0.420 e. The standard InChI is InChI=1S/C15H16ClF3N4O/c16-10-7-11(15(17,18)19)13-22-21-12(23(13)8-10)5-6-20-14(24)9-3-1-2-4-9/h7-9H,1-6H2,(H,20,24). The van der Waals surface area contributed by atoms with Crippen molar-refractivity contribution >= 4 is 23.2 Å². The molecule has 0 aliphatic heterocycles. The Balaban J connectivity index is 1.73. The Bertz CT molecular complexity index is 753. The third-order valence-corrected chi connectivity index (χ3v) is 4.43. The van der Waals surface area contributed by atoms with Crippen molar-refractivity contribution in [2.75, 3.05) is 6.54 Å². The van der Waals surface area contributed by atoms with Gasteiger partial charge in [0.15, 0.2) is 5.65 Å². The van der Waals surface area contributed by atoms with E-state index in [0.29, 0.717) is 12.4 Å². The number of fused-ring (bicyclic) bond motifs is 1. The van der Waals surface area contributed by atoms with E-state index in [9.17, 15) is 18.0 Å². The minimum atomic E-state index is -4.56. The molecule has 3 rings (SSSR count). The van der Waals surface area contributed by atoms with Gasteiger partial charge in [0.1, 0.15) is 11.4 Å². The average Bonchev–Trinajstić information content (AvgIpc) is 3.15. The van der Waals surface area contributed by atoms with Crippen LogP contribution in [0, 0.1) is 5.92 Å². The van der Waals surface area contributed by atoms with Gasteiger partial charge < -0.3 is 5.32 Å². The van der Waals surface area contributed by atoms with Crippen LogP contribution in [0.4, 0.5) is 13.2 Å². The van der Waals surface area contributed by atoms with Crippen molar-refractivity contribution < 1.29 is 18.0 Å². The van der Waals surface area contributed by atoms with Crippen molar-refractivity contribution in [2.24, 2.45) is 5.92 Å². The fraction of sp³-hybridized carbons (Fsp3) is 0.533. The fourth-order valence-corrected chi connectivity index (χ4v) is 3.22. The Morgan fingerprint density at radius 1 is 1.33 bits per heavy atom. The molecule has 0 saturated heterocycles. The first-order valence-corrected chi connectivity index (χ1v) is 8.12. The number of pyridine rings is 1. The summed E-state index contributed by atoms with van der Waals surface area (Å²) in [7, 11) is 0. The number of alkyl halides is 3. The van der Waals surface area contributed by atoms with Gasteiger partial charge in [0.05, 0.1) is 5.02 Å². The van der Waals surface area contributed by atoms with Crippen LogP contribution >= 0.6 is 11.6 Å². The van der Waals surface area contributed by atoms with Gasteiger partial charge in [-0.05, 0) is 18.9 Å². The molecule has 2 aromatic heterocycles. The number of carbonyl (C=O) groups excluding carboxylic acids is 1. The van der Waals surface area contributed by atoms with Gasteiger partial charge in [-0.3, -0.25) is 9.20 Å². The lowest BCUT2D eigenvalue weighted by molar-refractivity contribution is -0.136. The van der Waals surface area contributed by atoms with Crippen molar-refractivity contribution in [2.45, 2.75) is 38.3 Å². The van der Waals surface area contributed by atoms with Crippen LogP contribution < -0.4 is 5.32 Å². The highest BCUT2D eigenvalue weighted by Crippen LogP contribution is 2.33. The minimum absolute atomic E-state index is 0.00432. The second-order valence-corrected chi connectivity index (χ2v) is 6.34. The number of halogens is 4. The Hall–Kier alpha value is -1.83. The quantitative estimate of drug-likeness (QED) is 0.910. The van der Waals surface area contributed by atoms with E-state index >= 15 is 0 Å². The van der Waals surface area contributed by atoms with Crippen LogP contribution in [0.25, 0.3) is 5.65 Å². The van der Waals surface area contributed by atoms with E-state index in [0.717, 1.165) is 31.7 Å². The number of hydrogen-bond donors (Lipinski definition) is 1.